The van der Waals surface area contributed by atoms with Gasteiger partial charge in [-0.2, -0.15) is 0 Å². The number of nitrogens with zero attached hydrogens (tertiary/aromatic N) is 2. The predicted molar refractivity (Wildman–Crippen MR) is 156 cm³/mol. The number of benzene rings is 3. The molecule has 0 aliphatic carbocycles. The van der Waals surface area contributed by atoms with Crippen LogP contribution in [-0.2, 0) is 32.6 Å². The Morgan fingerprint density at radius 3 is 2.10 bits per heavy atom. The third-order valence-electron chi connectivity index (χ3n) is 6.71. The molecule has 7 nitrogen and oxygen atoms in total. The number of rotatable bonds is 12. The highest BCUT2D eigenvalue weighted by Crippen LogP contribution is 2.26. The van der Waals surface area contributed by atoms with Gasteiger partial charge in [-0.3, -0.25) is 13.9 Å². The minimum absolute atomic E-state index is 0.0433. The van der Waals surface area contributed by atoms with Crippen molar-refractivity contribution in [2.24, 2.45) is 0 Å². The number of anilines is 1. The number of hydrogen-bond acceptors (Lipinski definition) is 4. The topological polar surface area (TPSA) is 86.8 Å². The van der Waals surface area contributed by atoms with E-state index in [0.717, 1.165) is 22.7 Å². The number of hydrogen-bond donors (Lipinski definition) is 1. The van der Waals surface area contributed by atoms with Gasteiger partial charge in [-0.15, -0.1) is 0 Å². The second kappa shape index (κ2) is 13.6. The Morgan fingerprint density at radius 1 is 0.897 bits per heavy atom. The van der Waals surface area contributed by atoms with Gasteiger partial charge in [-0.05, 0) is 68.1 Å². The molecule has 0 bridgehead atoms. The molecule has 1 N–H and O–H groups in total. The molecule has 0 heterocycles. The molecule has 0 aliphatic heterocycles. The maximum Gasteiger partial charge on any atom is 0.264 e. The minimum Gasteiger partial charge on any atom is -0.352 e. The van der Waals surface area contributed by atoms with Gasteiger partial charge in [0.05, 0.1) is 10.6 Å². The van der Waals surface area contributed by atoms with Crippen molar-refractivity contribution >= 4 is 39.1 Å². The van der Waals surface area contributed by atoms with Crippen molar-refractivity contribution in [2.75, 3.05) is 10.8 Å². The average Bonchev–Trinajstić information content (AvgIpc) is 2.95. The number of sulfonamides is 1. The van der Waals surface area contributed by atoms with Gasteiger partial charge in [0.15, 0.2) is 0 Å². The van der Waals surface area contributed by atoms with Gasteiger partial charge in [-0.1, -0.05) is 74.0 Å². The third-order valence-corrected chi connectivity index (χ3v) is 8.87. The number of halogens is 1. The van der Waals surface area contributed by atoms with Crippen LogP contribution in [0, 0.1) is 0 Å². The molecule has 2 amide bonds. The first-order valence-electron chi connectivity index (χ1n) is 13.1. The molecule has 2 unspecified atom stereocenters. The first kappa shape index (κ1) is 30.2. The first-order chi connectivity index (χ1) is 18.6. The molecule has 3 aromatic carbocycles. The van der Waals surface area contributed by atoms with E-state index in [2.05, 4.69) is 5.32 Å². The molecule has 0 aromatic heterocycles. The Labute approximate surface area is 236 Å². The molecule has 2 atom stereocenters. The Morgan fingerprint density at radius 2 is 1.51 bits per heavy atom. The summed E-state index contributed by atoms with van der Waals surface area (Å²) in [6.45, 7) is 7.04. The molecule has 208 valence electrons. The lowest BCUT2D eigenvalue weighted by Crippen LogP contribution is -2.52. The Balaban J connectivity index is 2.02. The number of carbonyl (C=O) groups is 2. The number of aryl methyl sites for hydroxylation is 1. The van der Waals surface area contributed by atoms with Gasteiger partial charge < -0.3 is 10.2 Å². The number of nitrogens with one attached hydrogen (secondary N) is 1. The second-order valence-corrected chi connectivity index (χ2v) is 11.7. The lowest BCUT2D eigenvalue weighted by Gasteiger charge is -2.32. The summed E-state index contributed by atoms with van der Waals surface area (Å²) in [7, 11) is -4.09. The summed E-state index contributed by atoms with van der Waals surface area (Å²) in [5.74, 6) is -0.852. The van der Waals surface area contributed by atoms with Crippen LogP contribution in [0.2, 0.25) is 5.02 Å². The van der Waals surface area contributed by atoms with Gasteiger partial charge >= 0.3 is 0 Å². The first-order valence-corrected chi connectivity index (χ1v) is 14.9. The van der Waals surface area contributed by atoms with Crippen LogP contribution in [-0.4, -0.2) is 43.8 Å². The van der Waals surface area contributed by atoms with Crippen molar-refractivity contribution in [2.45, 2.75) is 64.1 Å². The molecule has 39 heavy (non-hydrogen) atoms. The number of carbonyl (C=O) groups excluding carboxylic acids is 2. The Kier molecular flexibility index (Phi) is 10.5. The smallest absolute Gasteiger partial charge is 0.264 e. The molecule has 0 saturated carbocycles. The zero-order valence-corrected chi connectivity index (χ0v) is 24.4. The molecule has 0 fully saturated rings. The van der Waals surface area contributed by atoms with E-state index in [0.29, 0.717) is 16.3 Å². The minimum atomic E-state index is -4.09. The van der Waals surface area contributed by atoms with Crippen molar-refractivity contribution in [3.05, 3.63) is 95.0 Å². The highest BCUT2D eigenvalue weighted by molar-refractivity contribution is 7.92. The Hall–Kier alpha value is -3.36. The predicted octanol–water partition coefficient (Wildman–Crippen LogP) is 5.43. The molecule has 0 aliphatic rings. The van der Waals surface area contributed by atoms with Crippen LogP contribution < -0.4 is 9.62 Å². The van der Waals surface area contributed by atoms with E-state index in [1.54, 1.807) is 61.5 Å². The van der Waals surface area contributed by atoms with E-state index < -0.39 is 28.5 Å². The van der Waals surface area contributed by atoms with E-state index in [-0.39, 0.29) is 23.4 Å². The van der Waals surface area contributed by atoms with E-state index >= 15 is 0 Å². The molecule has 0 spiro atoms. The normalized spacial score (nSPS) is 12.8. The van der Waals surface area contributed by atoms with E-state index in [4.69, 9.17) is 11.6 Å². The average molecular weight is 570 g/mol. The fourth-order valence-electron chi connectivity index (χ4n) is 4.00. The standard InChI is InChI=1S/C30H36ClN3O4S/c1-5-22(3)32-30(36)23(4)33(20-25-12-10-11-15-28(25)31)29(35)21-34(26-18-16-24(6-2)17-19-26)39(37,38)27-13-8-7-9-14-27/h7-19,22-23H,5-6,20-21H2,1-4H3,(H,32,36). The van der Waals surface area contributed by atoms with Gasteiger partial charge in [0.1, 0.15) is 12.6 Å². The zero-order valence-electron chi connectivity index (χ0n) is 22.8. The van der Waals surface area contributed by atoms with Crippen molar-refractivity contribution in [3.63, 3.8) is 0 Å². The maximum absolute atomic E-state index is 13.9. The number of amides is 2. The van der Waals surface area contributed by atoms with E-state index in [9.17, 15) is 18.0 Å². The SMILES string of the molecule is CCc1ccc(N(CC(=O)N(Cc2ccccc2Cl)C(C)C(=O)NC(C)CC)S(=O)(=O)c2ccccc2)cc1. The van der Waals surface area contributed by atoms with Crippen LogP contribution >= 0.6 is 11.6 Å². The van der Waals surface area contributed by atoms with Crippen molar-refractivity contribution in [3.8, 4) is 0 Å². The van der Waals surface area contributed by atoms with Crippen LogP contribution in [0.25, 0.3) is 0 Å². The molecule has 0 radical (unpaired) electrons. The van der Waals surface area contributed by atoms with Gasteiger partial charge in [0, 0.05) is 17.6 Å². The summed E-state index contributed by atoms with van der Waals surface area (Å²) in [5.41, 5.74) is 2.05. The summed E-state index contributed by atoms with van der Waals surface area (Å²) in [6, 6.07) is 21.2. The largest absolute Gasteiger partial charge is 0.352 e. The van der Waals surface area contributed by atoms with Gasteiger partial charge in [0.2, 0.25) is 11.8 Å². The third kappa shape index (κ3) is 7.61. The molecule has 9 heteroatoms. The lowest BCUT2D eigenvalue weighted by molar-refractivity contribution is -0.139. The van der Waals surface area contributed by atoms with Crippen molar-refractivity contribution in [1.82, 2.24) is 10.2 Å². The summed E-state index contributed by atoms with van der Waals surface area (Å²) in [5, 5.41) is 3.37. The molecular weight excluding hydrogens is 534 g/mol. The summed E-state index contributed by atoms with van der Waals surface area (Å²) >= 11 is 6.40. The van der Waals surface area contributed by atoms with Crippen molar-refractivity contribution in [1.29, 1.82) is 0 Å². The van der Waals surface area contributed by atoms with Crippen LogP contribution in [0.1, 0.15) is 45.2 Å². The maximum atomic E-state index is 13.9. The highest BCUT2D eigenvalue weighted by Gasteiger charge is 2.33. The quantitative estimate of drug-likeness (QED) is 0.315. The summed E-state index contributed by atoms with van der Waals surface area (Å²) in [4.78, 5) is 28.5. The van der Waals surface area contributed by atoms with Crippen LogP contribution in [0.5, 0.6) is 0 Å². The summed E-state index contributed by atoms with van der Waals surface area (Å²) < 4.78 is 28.7. The molecular formula is C30H36ClN3O4S. The van der Waals surface area contributed by atoms with Gasteiger partial charge in [-0.25, -0.2) is 8.42 Å². The highest BCUT2D eigenvalue weighted by atomic mass is 35.5. The van der Waals surface area contributed by atoms with Crippen LogP contribution in [0.15, 0.2) is 83.8 Å². The second-order valence-electron chi connectivity index (χ2n) is 9.45. The molecule has 0 saturated heterocycles. The van der Waals surface area contributed by atoms with Crippen LogP contribution in [0.3, 0.4) is 0 Å². The zero-order chi connectivity index (χ0) is 28.6. The van der Waals surface area contributed by atoms with E-state index in [1.165, 1.54) is 17.0 Å². The molecule has 3 rings (SSSR count). The Bertz CT molecular complexity index is 1360. The van der Waals surface area contributed by atoms with Gasteiger partial charge in [0.25, 0.3) is 10.0 Å². The summed E-state index contributed by atoms with van der Waals surface area (Å²) in [6.07, 6.45) is 1.52. The van der Waals surface area contributed by atoms with E-state index in [1.807, 2.05) is 32.9 Å². The molecule has 3 aromatic rings. The van der Waals surface area contributed by atoms with Crippen LogP contribution in [0.4, 0.5) is 5.69 Å². The fraction of sp³-hybridized carbons (Fsp3) is 0.333. The van der Waals surface area contributed by atoms with Crippen molar-refractivity contribution < 1.29 is 18.0 Å². The lowest BCUT2D eigenvalue weighted by atomic mass is 10.1. The fourth-order valence-corrected chi connectivity index (χ4v) is 5.64. The monoisotopic (exact) mass is 569 g/mol.